The normalized spacial score (nSPS) is 22.7. The molecular formula is C14H22BrN3. The Bertz CT molecular complexity index is 413. The van der Waals surface area contributed by atoms with E-state index in [-0.39, 0.29) is 11.1 Å². The molecule has 0 atom stereocenters. The highest BCUT2D eigenvalue weighted by Crippen LogP contribution is 2.30. The molecule has 1 saturated heterocycles. The molecule has 2 rings (SSSR count). The van der Waals surface area contributed by atoms with Gasteiger partial charge in [-0.2, -0.15) is 0 Å². The van der Waals surface area contributed by atoms with Gasteiger partial charge in [-0.05, 0) is 68.6 Å². The first-order valence-corrected chi connectivity index (χ1v) is 7.24. The van der Waals surface area contributed by atoms with Crippen LogP contribution in [0, 0.1) is 0 Å². The lowest BCUT2D eigenvalue weighted by atomic mass is 9.79. The van der Waals surface area contributed by atoms with Crippen molar-refractivity contribution in [3.8, 4) is 0 Å². The van der Waals surface area contributed by atoms with Gasteiger partial charge in [0, 0.05) is 17.1 Å². The second-order valence-corrected chi connectivity index (χ2v) is 7.30. The molecule has 2 N–H and O–H groups in total. The third-order valence-electron chi connectivity index (χ3n) is 3.26. The van der Waals surface area contributed by atoms with Crippen LogP contribution in [0.5, 0.6) is 0 Å². The van der Waals surface area contributed by atoms with Crippen molar-refractivity contribution in [1.29, 1.82) is 0 Å². The maximum absolute atomic E-state index is 4.45. The molecule has 4 heteroatoms. The minimum Gasteiger partial charge on any atom is -0.367 e. The number of piperidine rings is 1. The first kappa shape index (κ1) is 13.8. The summed E-state index contributed by atoms with van der Waals surface area (Å²) >= 11 is 3.41. The minimum absolute atomic E-state index is 0.158. The van der Waals surface area contributed by atoms with E-state index in [1.165, 1.54) is 0 Å². The van der Waals surface area contributed by atoms with Gasteiger partial charge in [0.25, 0.3) is 0 Å². The van der Waals surface area contributed by atoms with Crippen LogP contribution >= 0.6 is 15.9 Å². The average Bonchev–Trinajstić information content (AvgIpc) is 2.11. The summed E-state index contributed by atoms with van der Waals surface area (Å²) in [6.07, 6.45) is 2.20. The molecular weight excluding hydrogens is 290 g/mol. The summed E-state index contributed by atoms with van der Waals surface area (Å²) in [4.78, 5) is 4.45. The molecule has 0 unspecified atom stereocenters. The standard InChI is InChI=1S/C14H22BrN3/c1-13(2)8-10(9-14(3,4)18-13)16-12-7-5-6-11(15)17-12/h5-7,10,18H,8-9H2,1-4H3,(H,16,17). The second-order valence-electron chi connectivity index (χ2n) is 6.49. The first-order valence-electron chi connectivity index (χ1n) is 6.44. The van der Waals surface area contributed by atoms with E-state index in [0.29, 0.717) is 6.04 Å². The highest BCUT2D eigenvalue weighted by atomic mass is 79.9. The summed E-state index contributed by atoms with van der Waals surface area (Å²) < 4.78 is 0.875. The number of nitrogens with zero attached hydrogens (tertiary/aromatic N) is 1. The number of rotatable bonds is 2. The number of nitrogens with one attached hydrogen (secondary N) is 2. The number of aromatic nitrogens is 1. The number of anilines is 1. The van der Waals surface area contributed by atoms with Crippen molar-refractivity contribution < 1.29 is 0 Å². The van der Waals surface area contributed by atoms with Gasteiger partial charge >= 0.3 is 0 Å². The van der Waals surface area contributed by atoms with Gasteiger partial charge in [-0.25, -0.2) is 4.98 Å². The van der Waals surface area contributed by atoms with Gasteiger partial charge in [0.05, 0.1) is 0 Å². The van der Waals surface area contributed by atoms with Crippen molar-refractivity contribution in [3.05, 3.63) is 22.8 Å². The zero-order chi connectivity index (χ0) is 13.4. The molecule has 18 heavy (non-hydrogen) atoms. The molecule has 1 aromatic heterocycles. The molecule has 1 aromatic rings. The van der Waals surface area contributed by atoms with Crippen molar-refractivity contribution in [3.63, 3.8) is 0 Å². The van der Waals surface area contributed by atoms with E-state index in [9.17, 15) is 0 Å². The molecule has 3 nitrogen and oxygen atoms in total. The predicted molar refractivity (Wildman–Crippen MR) is 79.9 cm³/mol. The summed E-state index contributed by atoms with van der Waals surface area (Å²) in [6.45, 7) is 9.04. The zero-order valence-electron chi connectivity index (χ0n) is 11.5. The predicted octanol–water partition coefficient (Wildman–Crippen LogP) is 3.57. The maximum Gasteiger partial charge on any atom is 0.127 e. The van der Waals surface area contributed by atoms with Crippen LogP contribution in [-0.4, -0.2) is 22.1 Å². The molecule has 0 spiro atoms. The van der Waals surface area contributed by atoms with Crippen LogP contribution in [0.2, 0.25) is 0 Å². The van der Waals surface area contributed by atoms with Gasteiger partial charge in [0.1, 0.15) is 10.4 Å². The topological polar surface area (TPSA) is 37.0 Å². The van der Waals surface area contributed by atoms with E-state index in [0.717, 1.165) is 23.3 Å². The Morgan fingerprint density at radius 1 is 1.22 bits per heavy atom. The Kier molecular flexibility index (Phi) is 3.70. The molecule has 100 valence electrons. The highest BCUT2D eigenvalue weighted by molar-refractivity contribution is 9.10. The third-order valence-corrected chi connectivity index (χ3v) is 3.70. The van der Waals surface area contributed by atoms with Crippen LogP contribution in [0.1, 0.15) is 40.5 Å². The lowest BCUT2D eigenvalue weighted by Crippen LogP contribution is -2.60. The van der Waals surface area contributed by atoms with Gasteiger partial charge in [-0.1, -0.05) is 6.07 Å². The van der Waals surface area contributed by atoms with Crippen LogP contribution < -0.4 is 10.6 Å². The molecule has 0 amide bonds. The Balaban J connectivity index is 2.09. The Morgan fingerprint density at radius 3 is 2.39 bits per heavy atom. The molecule has 0 aromatic carbocycles. The van der Waals surface area contributed by atoms with Crippen molar-refractivity contribution >= 4 is 21.7 Å². The second kappa shape index (κ2) is 4.82. The summed E-state index contributed by atoms with van der Waals surface area (Å²) in [5, 5.41) is 7.24. The van der Waals surface area contributed by atoms with Crippen molar-refractivity contribution in [2.24, 2.45) is 0 Å². The number of hydrogen-bond acceptors (Lipinski definition) is 3. The van der Waals surface area contributed by atoms with Gasteiger partial charge < -0.3 is 10.6 Å². The fraction of sp³-hybridized carbons (Fsp3) is 0.643. The summed E-state index contributed by atoms with van der Waals surface area (Å²) in [5.41, 5.74) is 0.316. The van der Waals surface area contributed by atoms with Crippen molar-refractivity contribution in [1.82, 2.24) is 10.3 Å². The summed E-state index contributed by atoms with van der Waals surface area (Å²) in [7, 11) is 0. The monoisotopic (exact) mass is 311 g/mol. The number of pyridine rings is 1. The Labute approximate surface area is 118 Å². The van der Waals surface area contributed by atoms with Gasteiger partial charge in [0.2, 0.25) is 0 Å². The molecule has 0 radical (unpaired) electrons. The lowest BCUT2D eigenvalue weighted by Gasteiger charge is -2.46. The van der Waals surface area contributed by atoms with Gasteiger partial charge in [-0.3, -0.25) is 0 Å². The number of hydrogen-bond donors (Lipinski definition) is 2. The molecule has 2 heterocycles. The van der Waals surface area contributed by atoms with E-state index >= 15 is 0 Å². The molecule has 0 bridgehead atoms. The minimum atomic E-state index is 0.158. The maximum atomic E-state index is 4.45. The third kappa shape index (κ3) is 3.69. The highest BCUT2D eigenvalue weighted by Gasteiger charge is 2.37. The largest absolute Gasteiger partial charge is 0.367 e. The molecule has 1 aliphatic heterocycles. The van der Waals surface area contributed by atoms with Gasteiger partial charge in [0.15, 0.2) is 0 Å². The van der Waals surface area contributed by atoms with Crippen molar-refractivity contribution in [2.75, 3.05) is 5.32 Å². The van der Waals surface area contributed by atoms with Gasteiger partial charge in [-0.15, -0.1) is 0 Å². The van der Waals surface area contributed by atoms with Crippen LogP contribution in [0.25, 0.3) is 0 Å². The van der Waals surface area contributed by atoms with Crippen LogP contribution in [-0.2, 0) is 0 Å². The zero-order valence-corrected chi connectivity index (χ0v) is 13.1. The fourth-order valence-electron chi connectivity index (χ4n) is 3.12. The molecule has 1 fully saturated rings. The van der Waals surface area contributed by atoms with E-state index in [1.54, 1.807) is 0 Å². The summed E-state index contributed by atoms with van der Waals surface area (Å²) in [6, 6.07) is 6.43. The smallest absolute Gasteiger partial charge is 0.127 e. The number of halogens is 1. The fourth-order valence-corrected chi connectivity index (χ4v) is 3.47. The van der Waals surface area contributed by atoms with Crippen LogP contribution in [0.3, 0.4) is 0 Å². The van der Waals surface area contributed by atoms with E-state index in [2.05, 4.69) is 59.2 Å². The van der Waals surface area contributed by atoms with Crippen LogP contribution in [0.4, 0.5) is 5.82 Å². The van der Waals surface area contributed by atoms with E-state index < -0.39 is 0 Å². The van der Waals surface area contributed by atoms with Crippen LogP contribution in [0.15, 0.2) is 22.8 Å². The van der Waals surface area contributed by atoms with Crippen molar-refractivity contribution in [2.45, 2.75) is 57.7 Å². The Hall–Kier alpha value is -0.610. The van der Waals surface area contributed by atoms with E-state index in [4.69, 9.17) is 0 Å². The first-order chi connectivity index (χ1) is 8.26. The quantitative estimate of drug-likeness (QED) is 0.820. The SMILES string of the molecule is CC1(C)CC(Nc2cccc(Br)n2)CC(C)(C)N1. The Morgan fingerprint density at radius 2 is 1.83 bits per heavy atom. The lowest BCUT2D eigenvalue weighted by molar-refractivity contribution is 0.170. The molecule has 0 saturated carbocycles. The molecule has 1 aliphatic rings. The summed E-state index contributed by atoms with van der Waals surface area (Å²) in [5.74, 6) is 0.947. The van der Waals surface area contributed by atoms with E-state index in [1.807, 2.05) is 18.2 Å². The molecule has 0 aliphatic carbocycles. The average molecular weight is 312 g/mol.